The predicted octanol–water partition coefficient (Wildman–Crippen LogP) is 1.10. The van der Waals surface area contributed by atoms with E-state index >= 15 is 0 Å². The van der Waals surface area contributed by atoms with Gasteiger partial charge in [0.25, 0.3) is 5.56 Å². The Bertz CT molecular complexity index is 645. The Labute approximate surface area is 110 Å². The molecule has 1 atom stereocenters. The van der Waals surface area contributed by atoms with Crippen molar-refractivity contribution in [3.63, 3.8) is 0 Å². The van der Waals surface area contributed by atoms with E-state index in [9.17, 15) is 9.90 Å². The Balaban J connectivity index is 1.98. The number of phenolic OH excluding ortho intramolecular Hbond substituents is 1. The summed E-state index contributed by atoms with van der Waals surface area (Å²) in [6.07, 6.45) is 3.85. The van der Waals surface area contributed by atoms with Crippen molar-refractivity contribution < 1.29 is 5.11 Å². The lowest BCUT2D eigenvalue weighted by molar-refractivity contribution is 0.333. The van der Waals surface area contributed by atoms with E-state index < -0.39 is 0 Å². The standard InChI is InChI=1S/C14H17N3O2/c18-12-5-1-4-11-13(12)14(19)17(9-16-11)8-10-3-2-6-15-7-10/h1,4-5,9-10,15,18H,2-3,6-8H2. The summed E-state index contributed by atoms with van der Waals surface area (Å²) in [7, 11) is 0. The minimum absolute atomic E-state index is 0.00567. The highest BCUT2D eigenvalue weighted by molar-refractivity contribution is 5.83. The Kier molecular flexibility index (Phi) is 3.21. The van der Waals surface area contributed by atoms with Crippen LogP contribution in [0.5, 0.6) is 5.75 Å². The van der Waals surface area contributed by atoms with Crippen LogP contribution in [0.3, 0.4) is 0 Å². The first-order valence-corrected chi connectivity index (χ1v) is 6.63. The van der Waals surface area contributed by atoms with Crippen LogP contribution >= 0.6 is 0 Å². The van der Waals surface area contributed by atoms with Crippen molar-refractivity contribution in [3.8, 4) is 5.75 Å². The summed E-state index contributed by atoms with van der Waals surface area (Å²) in [5.74, 6) is 0.461. The van der Waals surface area contributed by atoms with Crippen LogP contribution in [0, 0.1) is 5.92 Å². The number of benzene rings is 1. The van der Waals surface area contributed by atoms with Crippen molar-refractivity contribution in [3.05, 3.63) is 34.9 Å². The molecule has 5 nitrogen and oxygen atoms in total. The van der Waals surface area contributed by atoms with Crippen molar-refractivity contribution in [1.29, 1.82) is 0 Å². The molecule has 0 aliphatic carbocycles. The quantitative estimate of drug-likeness (QED) is 0.847. The highest BCUT2D eigenvalue weighted by Crippen LogP contribution is 2.19. The van der Waals surface area contributed by atoms with Crippen LogP contribution in [0.15, 0.2) is 29.3 Å². The largest absolute Gasteiger partial charge is 0.507 e. The number of hydrogen-bond donors (Lipinski definition) is 2. The predicted molar refractivity (Wildman–Crippen MR) is 73.3 cm³/mol. The summed E-state index contributed by atoms with van der Waals surface area (Å²) in [6, 6.07) is 4.96. The zero-order valence-electron chi connectivity index (χ0n) is 10.7. The monoisotopic (exact) mass is 259 g/mol. The fraction of sp³-hybridized carbons (Fsp3) is 0.429. The second-order valence-electron chi connectivity index (χ2n) is 5.09. The number of aromatic nitrogens is 2. The summed E-state index contributed by atoms with van der Waals surface area (Å²) in [5.41, 5.74) is 0.386. The van der Waals surface area contributed by atoms with Crippen molar-refractivity contribution in [2.24, 2.45) is 5.92 Å². The molecule has 0 radical (unpaired) electrons. The van der Waals surface area contributed by atoms with E-state index in [2.05, 4.69) is 10.3 Å². The molecule has 5 heteroatoms. The molecule has 0 spiro atoms. The second kappa shape index (κ2) is 5.01. The molecule has 2 N–H and O–H groups in total. The van der Waals surface area contributed by atoms with E-state index in [-0.39, 0.29) is 11.3 Å². The van der Waals surface area contributed by atoms with Crippen LogP contribution in [0.25, 0.3) is 10.9 Å². The number of fused-ring (bicyclic) bond motifs is 1. The Morgan fingerprint density at radius 2 is 2.37 bits per heavy atom. The first-order chi connectivity index (χ1) is 9.25. The van der Waals surface area contributed by atoms with Crippen LogP contribution in [-0.2, 0) is 6.54 Å². The van der Waals surface area contributed by atoms with Gasteiger partial charge in [-0.25, -0.2) is 4.98 Å². The van der Waals surface area contributed by atoms with Crippen LogP contribution in [0.2, 0.25) is 0 Å². The summed E-state index contributed by atoms with van der Waals surface area (Å²) in [6.45, 7) is 2.65. The lowest BCUT2D eigenvalue weighted by Crippen LogP contribution is -2.34. The van der Waals surface area contributed by atoms with Gasteiger partial charge in [0.15, 0.2) is 0 Å². The summed E-state index contributed by atoms with van der Waals surface area (Å²) < 4.78 is 1.61. The van der Waals surface area contributed by atoms with Gasteiger partial charge in [0.1, 0.15) is 11.1 Å². The molecule has 1 aromatic carbocycles. The maximum absolute atomic E-state index is 12.4. The Hall–Kier alpha value is -1.88. The average molecular weight is 259 g/mol. The number of nitrogens with zero attached hydrogens (tertiary/aromatic N) is 2. The smallest absolute Gasteiger partial charge is 0.264 e. The van der Waals surface area contributed by atoms with E-state index in [0.717, 1.165) is 25.9 Å². The fourth-order valence-corrected chi connectivity index (χ4v) is 2.67. The van der Waals surface area contributed by atoms with Gasteiger partial charge in [-0.1, -0.05) is 6.07 Å². The molecule has 0 amide bonds. The lowest BCUT2D eigenvalue weighted by Gasteiger charge is -2.23. The molecule has 1 fully saturated rings. The van der Waals surface area contributed by atoms with Crippen LogP contribution in [-0.4, -0.2) is 27.7 Å². The molecule has 1 saturated heterocycles. The molecule has 19 heavy (non-hydrogen) atoms. The van der Waals surface area contributed by atoms with Crippen molar-refractivity contribution in [1.82, 2.24) is 14.9 Å². The first-order valence-electron chi connectivity index (χ1n) is 6.63. The molecule has 1 aromatic heterocycles. The van der Waals surface area contributed by atoms with Gasteiger partial charge in [-0.2, -0.15) is 0 Å². The van der Waals surface area contributed by atoms with Crippen LogP contribution < -0.4 is 10.9 Å². The number of piperidine rings is 1. The number of phenols is 1. The van der Waals surface area contributed by atoms with Crippen molar-refractivity contribution >= 4 is 10.9 Å². The van der Waals surface area contributed by atoms with Gasteiger partial charge >= 0.3 is 0 Å². The van der Waals surface area contributed by atoms with Gasteiger partial charge in [-0.05, 0) is 44.0 Å². The van der Waals surface area contributed by atoms with E-state index in [4.69, 9.17) is 0 Å². The van der Waals surface area contributed by atoms with Gasteiger partial charge in [0.2, 0.25) is 0 Å². The molecular formula is C14H17N3O2. The topological polar surface area (TPSA) is 67.1 Å². The van der Waals surface area contributed by atoms with E-state index in [1.54, 1.807) is 23.0 Å². The minimum atomic E-state index is -0.159. The maximum Gasteiger partial charge on any atom is 0.264 e. The van der Waals surface area contributed by atoms with E-state index in [1.807, 2.05) is 0 Å². The molecule has 0 bridgehead atoms. The lowest BCUT2D eigenvalue weighted by atomic mass is 10.00. The number of hydrogen-bond acceptors (Lipinski definition) is 4. The molecule has 2 heterocycles. The molecule has 2 aromatic rings. The van der Waals surface area contributed by atoms with Crippen molar-refractivity contribution in [2.75, 3.05) is 13.1 Å². The minimum Gasteiger partial charge on any atom is -0.507 e. The highest BCUT2D eigenvalue weighted by Gasteiger charge is 2.15. The van der Waals surface area contributed by atoms with Crippen LogP contribution in [0.4, 0.5) is 0 Å². The van der Waals surface area contributed by atoms with Crippen molar-refractivity contribution in [2.45, 2.75) is 19.4 Å². The van der Waals surface area contributed by atoms with Gasteiger partial charge in [0, 0.05) is 6.54 Å². The molecule has 1 aliphatic rings. The van der Waals surface area contributed by atoms with Gasteiger partial charge in [-0.15, -0.1) is 0 Å². The van der Waals surface area contributed by atoms with Gasteiger partial charge in [-0.3, -0.25) is 9.36 Å². The second-order valence-corrected chi connectivity index (χ2v) is 5.09. The van der Waals surface area contributed by atoms with E-state index in [0.29, 0.717) is 23.4 Å². The third-order valence-electron chi connectivity index (χ3n) is 3.69. The molecule has 1 aliphatic heterocycles. The first kappa shape index (κ1) is 12.2. The maximum atomic E-state index is 12.4. The summed E-state index contributed by atoms with van der Waals surface area (Å²) in [5, 5.41) is 13.5. The van der Waals surface area contributed by atoms with Gasteiger partial charge < -0.3 is 10.4 Å². The summed E-state index contributed by atoms with van der Waals surface area (Å²) >= 11 is 0. The number of rotatable bonds is 2. The van der Waals surface area contributed by atoms with Gasteiger partial charge in [0.05, 0.1) is 11.8 Å². The Morgan fingerprint density at radius 3 is 3.16 bits per heavy atom. The normalized spacial score (nSPS) is 19.7. The molecule has 1 unspecified atom stereocenters. The SMILES string of the molecule is O=c1c2c(O)cccc2ncn1CC1CCCNC1. The molecular weight excluding hydrogens is 242 g/mol. The number of aromatic hydroxyl groups is 1. The molecule has 0 saturated carbocycles. The molecule has 3 rings (SSSR count). The Morgan fingerprint density at radius 1 is 1.47 bits per heavy atom. The fourth-order valence-electron chi connectivity index (χ4n) is 2.67. The zero-order chi connectivity index (χ0) is 13.2. The average Bonchev–Trinajstić information content (AvgIpc) is 2.43. The number of nitrogens with one attached hydrogen (secondary N) is 1. The van der Waals surface area contributed by atoms with E-state index in [1.165, 1.54) is 6.07 Å². The third-order valence-corrected chi connectivity index (χ3v) is 3.69. The summed E-state index contributed by atoms with van der Waals surface area (Å²) in [4.78, 5) is 16.6. The molecule has 100 valence electrons. The highest BCUT2D eigenvalue weighted by atomic mass is 16.3. The third kappa shape index (κ3) is 2.33. The van der Waals surface area contributed by atoms with Crippen LogP contribution in [0.1, 0.15) is 12.8 Å². The zero-order valence-corrected chi connectivity index (χ0v) is 10.7.